The molecular formula is C18H22N6O2. The summed E-state index contributed by atoms with van der Waals surface area (Å²) in [7, 11) is 0. The molecular weight excluding hydrogens is 332 g/mol. The third-order valence-corrected chi connectivity index (χ3v) is 4.61. The predicted molar refractivity (Wildman–Crippen MR) is 97.2 cm³/mol. The lowest BCUT2D eigenvalue weighted by Gasteiger charge is -2.18. The van der Waals surface area contributed by atoms with Gasteiger partial charge in [0.05, 0.1) is 5.69 Å². The van der Waals surface area contributed by atoms with Crippen LogP contribution in [-0.2, 0) is 12.8 Å². The average molecular weight is 354 g/mol. The van der Waals surface area contributed by atoms with Crippen molar-refractivity contribution in [2.45, 2.75) is 31.7 Å². The van der Waals surface area contributed by atoms with E-state index in [1.807, 2.05) is 0 Å². The molecule has 4 rings (SSSR count). The lowest BCUT2D eigenvalue weighted by atomic mass is 10.1. The first kappa shape index (κ1) is 16.6. The van der Waals surface area contributed by atoms with Gasteiger partial charge in [-0.3, -0.25) is 4.79 Å². The van der Waals surface area contributed by atoms with E-state index in [-0.39, 0.29) is 5.91 Å². The Hall–Kier alpha value is -2.90. The molecule has 2 aliphatic rings. The first-order valence-corrected chi connectivity index (χ1v) is 8.95. The largest absolute Gasteiger partial charge is 0.366 e. The normalized spacial score (nSPS) is 16.5. The zero-order valence-corrected chi connectivity index (χ0v) is 14.6. The molecule has 0 bridgehead atoms. The van der Waals surface area contributed by atoms with Gasteiger partial charge in [-0.05, 0) is 19.3 Å². The summed E-state index contributed by atoms with van der Waals surface area (Å²) in [6.07, 6.45) is 6.93. The number of nitrogens with one attached hydrogen (secondary N) is 2. The molecule has 2 N–H and O–H groups in total. The van der Waals surface area contributed by atoms with Crippen LogP contribution in [-0.4, -0.2) is 51.6 Å². The standard InChI is InChI=1S/C18H22N6O2/c1-2-8-19-16-13-5-9-24(17(25)15-7-11-26-23-15)10-6-14(13)21-18(22-16)20-12-3-4-12/h2,7,11-12H,1,3-6,8-10H2,(H2,19,20,21,22). The van der Waals surface area contributed by atoms with E-state index >= 15 is 0 Å². The molecule has 1 aliphatic heterocycles. The fourth-order valence-corrected chi connectivity index (χ4v) is 3.08. The minimum Gasteiger partial charge on any atom is -0.366 e. The number of fused-ring (bicyclic) bond motifs is 1. The fourth-order valence-electron chi connectivity index (χ4n) is 3.08. The molecule has 1 aliphatic carbocycles. The molecule has 2 aromatic rings. The number of anilines is 2. The van der Waals surface area contributed by atoms with Gasteiger partial charge in [0.2, 0.25) is 5.95 Å². The summed E-state index contributed by atoms with van der Waals surface area (Å²) < 4.78 is 4.79. The maximum Gasteiger partial charge on any atom is 0.276 e. The van der Waals surface area contributed by atoms with Gasteiger partial charge in [0, 0.05) is 43.7 Å². The molecule has 0 unspecified atom stereocenters. The maximum atomic E-state index is 12.6. The van der Waals surface area contributed by atoms with Crippen molar-refractivity contribution in [3.05, 3.63) is 41.9 Å². The average Bonchev–Trinajstić information content (AvgIpc) is 3.34. The summed E-state index contributed by atoms with van der Waals surface area (Å²) in [4.78, 5) is 23.7. The Balaban J connectivity index is 1.57. The second kappa shape index (κ2) is 7.15. The molecule has 1 saturated carbocycles. The lowest BCUT2D eigenvalue weighted by Crippen LogP contribution is -2.33. The van der Waals surface area contributed by atoms with E-state index in [1.165, 1.54) is 6.26 Å². The summed E-state index contributed by atoms with van der Waals surface area (Å²) in [5, 5.41) is 10.4. The molecule has 1 fully saturated rings. The fraction of sp³-hybridized carbons (Fsp3) is 0.444. The molecule has 0 radical (unpaired) electrons. The number of carbonyl (C=O) groups excluding carboxylic acids is 1. The number of hydrogen-bond acceptors (Lipinski definition) is 7. The Morgan fingerprint density at radius 1 is 1.35 bits per heavy atom. The molecule has 136 valence electrons. The second-order valence-corrected chi connectivity index (χ2v) is 6.59. The highest BCUT2D eigenvalue weighted by atomic mass is 16.5. The van der Waals surface area contributed by atoms with Crippen LogP contribution in [0.25, 0.3) is 0 Å². The van der Waals surface area contributed by atoms with E-state index in [2.05, 4.69) is 27.4 Å². The Labute approximate surface area is 151 Å². The van der Waals surface area contributed by atoms with Gasteiger partial charge in [0.15, 0.2) is 5.69 Å². The highest BCUT2D eigenvalue weighted by molar-refractivity contribution is 5.92. The van der Waals surface area contributed by atoms with Crippen LogP contribution < -0.4 is 10.6 Å². The topological polar surface area (TPSA) is 96.2 Å². The van der Waals surface area contributed by atoms with Crippen LogP contribution in [0.1, 0.15) is 34.6 Å². The molecule has 1 amide bonds. The van der Waals surface area contributed by atoms with Gasteiger partial charge >= 0.3 is 0 Å². The Morgan fingerprint density at radius 3 is 2.92 bits per heavy atom. The molecule has 2 aromatic heterocycles. The van der Waals surface area contributed by atoms with Crippen LogP contribution in [0.15, 0.2) is 29.5 Å². The van der Waals surface area contributed by atoms with Crippen molar-refractivity contribution >= 4 is 17.7 Å². The number of carbonyl (C=O) groups is 1. The third kappa shape index (κ3) is 3.54. The highest BCUT2D eigenvalue weighted by Crippen LogP contribution is 2.27. The Kier molecular flexibility index (Phi) is 4.55. The molecule has 3 heterocycles. The van der Waals surface area contributed by atoms with Crippen molar-refractivity contribution in [1.29, 1.82) is 0 Å². The summed E-state index contributed by atoms with van der Waals surface area (Å²) >= 11 is 0. The minimum absolute atomic E-state index is 0.114. The summed E-state index contributed by atoms with van der Waals surface area (Å²) in [6.45, 7) is 5.59. The monoisotopic (exact) mass is 354 g/mol. The molecule has 0 atom stereocenters. The molecule has 26 heavy (non-hydrogen) atoms. The van der Waals surface area contributed by atoms with Gasteiger partial charge in [0.1, 0.15) is 12.1 Å². The third-order valence-electron chi connectivity index (χ3n) is 4.61. The van der Waals surface area contributed by atoms with Gasteiger partial charge in [-0.25, -0.2) is 4.98 Å². The second-order valence-electron chi connectivity index (χ2n) is 6.59. The van der Waals surface area contributed by atoms with Crippen molar-refractivity contribution in [3.8, 4) is 0 Å². The number of rotatable bonds is 6. The van der Waals surface area contributed by atoms with Gasteiger partial charge in [0.25, 0.3) is 5.91 Å². The predicted octanol–water partition coefficient (Wildman–Crippen LogP) is 1.88. The summed E-state index contributed by atoms with van der Waals surface area (Å²) in [5.74, 6) is 1.37. The number of amides is 1. The van der Waals surface area contributed by atoms with E-state index in [9.17, 15) is 4.79 Å². The van der Waals surface area contributed by atoms with Gasteiger partial charge in [-0.15, -0.1) is 6.58 Å². The quantitative estimate of drug-likeness (QED) is 0.765. The number of aromatic nitrogens is 3. The van der Waals surface area contributed by atoms with E-state index in [4.69, 9.17) is 9.51 Å². The molecule has 0 spiro atoms. The Morgan fingerprint density at radius 2 is 2.19 bits per heavy atom. The Bertz CT molecular complexity index is 800. The van der Waals surface area contributed by atoms with Crippen molar-refractivity contribution in [2.75, 3.05) is 30.3 Å². The number of hydrogen-bond donors (Lipinski definition) is 2. The molecule has 0 aromatic carbocycles. The van der Waals surface area contributed by atoms with E-state index < -0.39 is 0 Å². The smallest absolute Gasteiger partial charge is 0.276 e. The van der Waals surface area contributed by atoms with Crippen molar-refractivity contribution in [3.63, 3.8) is 0 Å². The van der Waals surface area contributed by atoms with Crippen molar-refractivity contribution in [1.82, 2.24) is 20.0 Å². The molecule has 8 heteroatoms. The van der Waals surface area contributed by atoms with Gasteiger partial charge in [-0.1, -0.05) is 11.2 Å². The van der Waals surface area contributed by atoms with E-state index in [0.29, 0.717) is 50.2 Å². The SMILES string of the molecule is C=CCNc1nc(NC2CC2)nc2c1CCN(C(=O)c1ccon1)CC2. The van der Waals surface area contributed by atoms with E-state index in [1.54, 1.807) is 17.0 Å². The van der Waals surface area contributed by atoms with Crippen molar-refractivity contribution in [2.24, 2.45) is 0 Å². The lowest BCUT2D eigenvalue weighted by molar-refractivity contribution is 0.0752. The van der Waals surface area contributed by atoms with Gasteiger partial charge in [-0.2, -0.15) is 4.98 Å². The van der Waals surface area contributed by atoms with Gasteiger partial charge < -0.3 is 20.1 Å². The minimum atomic E-state index is -0.114. The summed E-state index contributed by atoms with van der Waals surface area (Å²) in [5.41, 5.74) is 2.40. The van der Waals surface area contributed by atoms with Crippen LogP contribution in [0.4, 0.5) is 11.8 Å². The summed E-state index contributed by atoms with van der Waals surface area (Å²) in [6, 6.07) is 2.07. The highest BCUT2D eigenvalue weighted by Gasteiger charge is 2.26. The van der Waals surface area contributed by atoms with Crippen LogP contribution in [0.3, 0.4) is 0 Å². The zero-order chi connectivity index (χ0) is 17.9. The maximum absolute atomic E-state index is 12.6. The van der Waals surface area contributed by atoms with Crippen LogP contribution in [0.5, 0.6) is 0 Å². The first-order chi connectivity index (χ1) is 12.7. The zero-order valence-electron chi connectivity index (χ0n) is 14.6. The first-order valence-electron chi connectivity index (χ1n) is 8.95. The van der Waals surface area contributed by atoms with Crippen LogP contribution >= 0.6 is 0 Å². The van der Waals surface area contributed by atoms with Crippen LogP contribution in [0, 0.1) is 0 Å². The van der Waals surface area contributed by atoms with E-state index in [0.717, 1.165) is 29.9 Å². The molecule has 8 nitrogen and oxygen atoms in total. The van der Waals surface area contributed by atoms with Crippen molar-refractivity contribution < 1.29 is 9.32 Å². The number of nitrogens with zero attached hydrogens (tertiary/aromatic N) is 4. The molecule has 0 saturated heterocycles. The van der Waals surface area contributed by atoms with Crippen LogP contribution in [0.2, 0.25) is 0 Å².